The van der Waals surface area contributed by atoms with Crippen LogP contribution in [0.5, 0.6) is 0 Å². The van der Waals surface area contributed by atoms with Gasteiger partial charge in [-0.1, -0.05) is 31.9 Å². The van der Waals surface area contributed by atoms with Crippen molar-refractivity contribution >= 4 is 17.7 Å². The van der Waals surface area contributed by atoms with Crippen molar-refractivity contribution in [3.63, 3.8) is 0 Å². The molecule has 1 amide bonds. The van der Waals surface area contributed by atoms with Gasteiger partial charge in [0.25, 0.3) is 0 Å². The van der Waals surface area contributed by atoms with Crippen LogP contribution in [0.3, 0.4) is 0 Å². The number of carbonyl (C=O) groups excluding carboxylic acids is 1. The van der Waals surface area contributed by atoms with E-state index in [9.17, 15) is 4.79 Å². The summed E-state index contributed by atoms with van der Waals surface area (Å²) < 4.78 is 0. The Bertz CT molecular complexity index is 398. The highest BCUT2D eigenvalue weighted by atomic mass is 32.2. The van der Waals surface area contributed by atoms with Crippen molar-refractivity contribution in [1.82, 2.24) is 5.32 Å². The first-order valence-corrected chi connectivity index (χ1v) is 9.13. The lowest BCUT2D eigenvalue weighted by Crippen LogP contribution is -2.40. The summed E-state index contributed by atoms with van der Waals surface area (Å²) in [5, 5.41) is 4.05. The van der Waals surface area contributed by atoms with Crippen molar-refractivity contribution in [3.8, 4) is 0 Å². The average Bonchev–Trinajstić information content (AvgIpc) is 2.90. The number of allylic oxidation sites excluding steroid dienone is 2. The third-order valence-electron chi connectivity index (χ3n) is 5.01. The van der Waals surface area contributed by atoms with Crippen LogP contribution in [0.25, 0.3) is 0 Å². The first-order valence-electron chi connectivity index (χ1n) is 7.84. The molecular formula is C17H29NOS. The highest BCUT2D eigenvalue weighted by Crippen LogP contribution is 2.59. The van der Waals surface area contributed by atoms with Crippen molar-refractivity contribution in [2.75, 3.05) is 6.26 Å². The van der Waals surface area contributed by atoms with E-state index in [4.69, 9.17) is 0 Å². The van der Waals surface area contributed by atoms with E-state index in [-0.39, 0.29) is 17.2 Å². The van der Waals surface area contributed by atoms with Gasteiger partial charge in [-0.3, -0.25) is 4.79 Å². The molecule has 0 heterocycles. The van der Waals surface area contributed by atoms with E-state index < -0.39 is 0 Å². The van der Waals surface area contributed by atoms with Gasteiger partial charge in [0.15, 0.2) is 0 Å². The molecule has 1 N–H and O–H groups in total. The molecule has 2 rings (SSSR count). The SMILES string of the molecule is CS[C@@H]1CCC[C@H](NC(=O)[C@H]2[C@@H](C=C(C)C)C2(C)C)C1. The van der Waals surface area contributed by atoms with Crippen LogP contribution in [-0.2, 0) is 4.79 Å². The molecule has 2 nitrogen and oxygen atoms in total. The molecule has 2 fully saturated rings. The minimum atomic E-state index is 0.134. The Morgan fingerprint density at radius 2 is 2.00 bits per heavy atom. The molecule has 3 heteroatoms. The van der Waals surface area contributed by atoms with Crippen LogP contribution in [0.1, 0.15) is 53.4 Å². The maximum absolute atomic E-state index is 12.5. The highest BCUT2D eigenvalue weighted by Gasteiger charge is 2.60. The lowest BCUT2D eigenvalue weighted by atomic mass is 9.94. The first-order chi connectivity index (χ1) is 9.36. The Hall–Kier alpha value is -0.440. The van der Waals surface area contributed by atoms with E-state index in [1.54, 1.807) is 0 Å². The molecule has 2 aliphatic carbocycles. The summed E-state index contributed by atoms with van der Waals surface area (Å²) in [6.07, 6.45) is 9.32. The van der Waals surface area contributed by atoms with Crippen LogP contribution in [-0.4, -0.2) is 23.5 Å². The zero-order chi connectivity index (χ0) is 14.9. The fourth-order valence-electron chi connectivity index (χ4n) is 3.63. The summed E-state index contributed by atoms with van der Waals surface area (Å²) in [4.78, 5) is 12.5. The Morgan fingerprint density at radius 3 is 2.60 bits per heavy atom. The van der Waals surface area contributed by atoms with E-state index in [0.29, 0.717) is 12.0 Å². The number of thioether (sulfide) groups is 1. The molecule has 4 atom stereocenters. The Morgan fingerprint density at radius 1 is 1.30 bits per heavy atom. The monoisotopic (exact) mass is 295 g/mol. The maximum atomic E-state index is 12.5. The zero-order valence-electron chi connectivity index (χ0n) is 13.5. The van der Waals surface area contributed by atoms with Crippen molar-refractivity contribution < 1.29 is 4.79 Å². The Kier molecular flexibility index (Phi) is 4.88. The molecule has 0 aromatic carbocycles. The molecule has 20 heavy (non-hydrogen) atoms. The maximum Gasteiger partial charge on any atom is 0.224 e. The molecule has 0 unspecified atom stereocenters. The third kappa shape index (κ3) is 3.41. The lowest BCUT2D eigenvalue weighted by Gasteiger charge is -2.28. The Labute approximate surface area is 128 Å². The summed E-state index contributed by atoms with van der Waals surface area (Å²) in [7, 11) is 0. The molecule has 0 bridgehead atoms. The van der Waals surface area contributed by atoms with Crippen molar-refractivity contribution in [2.45, 2.75) is 64.7 Å². The van der Waals surface area contributed by atoms with E-state index in [0.717, 1.165) is 18.1 Å². The first kappa shape index (κ1) is 15.9. The average molecular weight is 295 g/mol. The summed E-state index contributed by atoms with van der Waals surface area (Å²) in [5.74, 6) is 0.878. The fraction of sp³-hybridized carbons (Fsp3) is 0.824. The minimum Gasteiger partial charge on any atom is -0.353 e. The normalized spacial score (nSPS) is 35.2. The van der Waals surface area contributed by atoms with Crippen molar-refractivity contribution in [2.24, 2.45) is 17.3 Å². The summed E-state index contributed by atoms with van der Waals surface area (Å²) >= 11 is 1.95. The zero-order valence-corrected chi connectivity index (χ0v) is 14.3. The largest absolute Gasteiger partial charge is 0.353 e. The second-order valence-corrected chi connectivity index (χ2v) is 8.44. The predicted molar refractivity (Wildman–Crippen MR) is 87.9 cm³/mol. The molecule has 0 aromatic heterocycles. The van der Waals surface area contributed by atoms with Crippen LogP contribution in [0.4, 0.5) is 0 Å². The van der Waals surface area contributed by atoms with E-state index in [1.807, 2.05) is 11.8 Å². The van der Waals surface area contributed by atoms with Gasteiger partial charge in [-0.2, -0.15) is 11.8 Å². The third-order valence-corrected chi connectivity index (χ3v) is 6.11. The number of nitrogens with one attached hydrogen (secondary N) is 1. The van der Waals surface area contributed by atoms with Crippen molar-refractivity contribution in [1.29, 1.82) is 0 Å². The van der Waals surface area contributed by atoms with Crippen molar-refractivity contribution in [3.05, 3.63) is 11.6 Å². The highest BCUT2D eigenvalue weighted by molar-refractivity contribution is 7.99. The van der Waals surface area contributed by atoms with E-state index >= 15 is 0 Å². The minimum absolute atomic E-state index is 0.134. The summed E-state index contributed by atoms with van der Waals surface area (Å²) in [6, 6.07) is 0.400. The van der Waals surface area contributed by atoms with Gasteiger partial charge in [-0.15, -0.1) is 0 Å². The summed E-state index contributed by atoms with van der Waals surface area (Å²) in [5.41, 5.74) is 1.45. The number of hydrogen-bond donors (Lipinski definition) is 1. The van der Waals surface area contributed by atoms with Crippen LogP contribution in [0, 0.1) is 17.3 Å². The van der Waals surface area contributed by atoms with Crippen LogP contribution < -0.4 is 5.32 Å². The molecular weight excluding hydrogens is 266 g/mol. The van der Waals surface area contributed by atoms with Crippen LogP contribution in [0.15, 0.2) is 11.6 Å². The molecule has 0 radical (unpaired) electrons. The number of carbonyl (C=O) groups is 1. The van der Waals surface area contributed by atoms with Crippen LogP contribution in [0.2, 0.25) is 0 Å². The molecule has 2 saturated carbocycles. The number of amides is 1. The predicted octanol–water partition coefficient (Wildman–Crippen LogP) is 4.02. The quantitative estimate of drug-likeness (QED) is 0.794. The topological polar surface area (TPSA) is 29.1 Å². The lowest BCUT2D eigenvalue weighted by molar-refractivity contribution is -0.124. The van der Waals surface area contributed by atoms with E-state index in [1.165, 1.54) is 18.4 Å². The van der Waals surface area contributed by atoms with Gasteiger partial charge in [0, 0.05) is 11.3 Å². The standard InChI is InChI=1S/C17H29NOS/c1-11(2)9-14-15(17(14,3)4)16(19)18-12-7-6-8-13(10-12)20-5/h9,12-15H,6-8,10H2,1-5H3,(H,18,19)/t12-,13+,14+,15+/m0/s1. The summed E-state index contributed by atoms with van der Waals surface area (Å²) in [6.45, 7) is 8.67. The molecule has 0 aromatic rings. The molecule has 0 aliphatic heterocycles. The van der Waals surface area contributed by atoms with Crippen LogP contribution >= 0.6 is 11.8 Å². The van der Waals surface area contributed by atoms with E-state index in [2.05, 4.69) is 45.3 Å². The smallest absolute Gasteiger partial charge is 0.224 e. The van der Waals surface area contributed by atoms with Gasteiger partial charge < -0.3 is 5.32 Å². The molecule has 2 aliphatic rings. The molecule has 0 saturated heterocycles. The Balaban J connectivity index is 1.91. The fourth-order valence-corrected chi connectivity index (χ4v) is 4.46. The second-order valence-electron chi connectivity index (χ2n) is 7.30. The number of rotatable bonds is 4. The second kappa shape index (κ2) is 6.13. The molecule has 114 valence electrons. The van der Waals surface area contributed by atoms with Gasteiger partial charge in [-0.05, 0) is 50.7 Å². The molecule has 0 spiro atoms. The van der Waals surface area contributed by atoms with Gasteiger partial charge in [0.1, 0.15) is 0 Å². The van der Waals surface area contributed by atoms with Gasteiger partial charge in [-0.25, -0.2) is 0 Å². The van der Waals surface area contributed by atoms with Gasteiger partial charge in [0.05, 0.1) is 5.92 Å². The van der Waals surface area contributed by atoms with Gasteiger partial charge >= 0.3 is 0 Å². The van der Waals surface area contributed by atoms with Gasteiger partial charge in [0.2, 0.25) is 5.91 Å². The number of hydrogen-bond acceptors (Lipinski definition) is 2.